The summed E-state index contributed by atoms with van der Waals surface area (Å²) in [5.74, 6) is 0. The van der Waals surface area contributed by atoms with Crippen LogP contribution < -0.4 is 0 Å². The van der Waals surface area contributed by atoms with Gasteiger partial charge in [-0.15, -0.1) is 0 Å². The Kier molecular flexibility index (Phi) is 5.49. The van der Waals surface area contributed by atoms with Crippen molar-refractivity contribution < 1.29 is 4.42 Å². The normalized spacial score (nSPS) is 12.0. The van der Waals surface area contributed by atoms with Gasteiger partial charge < -0.3 is 4.42 Å². The molecule has 0 radical (unpaired) electrons. The van der Waals surface area contributed by atoms with E-state index in [9.17, 15) is 0 Å². The monoisotopic (exact) mass is 434 g/mol. The van der Waals surface area contributed by atoms with E-state index in [4.69, 9.17) is 14.4 Å². The van der Waals surface area contributed by atoms with Crippen molar-refractivity contribution in [3.05, 3.63) is 95.3 Å². The average molecular weight is 435 g/mol. The van der Waals surface area contributed by atoms with E-state index in [2.05, 4.69) is 94.4 Å². The van der Waals surface area contributed by atoms with E-state index in [1.807, 2.05) is 6.20 Å². The maximum atomic E-state index is 6.35. The van der Waals surface area contributed by atoms with Crippen LogP contribution in [0.5, 0.6) is 0 Å². The third kappa shape index (κ3) is 4.54. The van der Waals surface area contributed by atoms with Crippen molar-refractivity contribution in [2.75, 3.05) is 0 Å². The molecule has 166 valence electrons. The van der Waals surface area contributed by atoms with Crippen LogP contribution in [-0.4, -0.2) is 9.97 Å². The third-order valence-electron chi connectivity index (χ3n) is 6.15. The highest BCUT2D eigenvalue weighted by Crippen LogP contribution is 2.35. The van der Waals surface area contributed by atoms with Gasteiger partial charge in [0, 0.05) is 28.2 Å². The molecule has 3 heterocycles. The molecule has 5 aromatic rings. The quantitative estimate of drug-likeness (QED) is 0.284. The second-order valence-corrected chi connectivity index (χ2v) is 10.2. The molecule has 3 nitrogen and oxygen atoms in total. The first-order valence-electron chi connectivity index (χ1n) is 11.7. The second-order valence-electron chi connectivity index (χ2n) is 10.2. The summed E-state index contributed by atoms with van der Waals surface area (Å²) in [7, 11) is 0. The lowest BCUT2D eigenvalue weighted by molar-refractivity contribution is 0.410. The van der Waals surface area contributed by atoms with Crippen LogP contribution in [0, 0.1) is 12.3 Å². The molecule has 0 aliphatic rings. The zero-order valence-electron chi connectivity index (χ0n) is 19.9. The van der Waals surface area contributed by atoms with Crippen LogP contribution in [0.1, 0.15) is 43.2 Å². The lowest BCUT2D eigenvalue weighted by Crippen LogP contribution is -2.10. The summed E-state index contributed by atoms with van der Waals surface area (Å²) in [6.45, 7) is 8.95. The number of aryl methyl sites for hydroxylation is 3. The second kappa shape index (κ2) is 8.47. The minimum absolute atomic E-state index is 0.217. The number of benzene rings is 2. The summed E-state index contributed by atoms with van der Waals surface area (Å²) in [6.07, 6.45) is 4.85. The number of hydrogen-bond donors (Lipinski definition) is 0. The Labute approximate surface area is 195 Å². The van der Waals surface area contributed by atoms with Gasteiger partial charge in [-0.1, -0.05) is 63.2 Å². The van der Waals surface area contributed by atoms with Crippen LogP contribution in [0.2, 0.25) is 0 Å². The van der Waals surface area contributed by atoms with Crippen molar-refractivity contribution in [2.45, 2.75) is 47.0 Å². The molecule has 2 aromatic carbocycles. The van der Waals surface area contributed by atoms with Crippen LogP contribution >= 0.6 is 0 Å². The molecule has 3 aromatic heterocycles. The van der Waals surface area contributed by atoms with E-state index in [1.165, 1.54) is 16.7 Å². The molecular weight excluding hydrogens is 404 g/mol. The number of furan rings is 1. The van der Waals surface area contributed by atoms with Crippen molar-refractivity contribution >= 4 is 22.1 Å². The molecule has 0 atom stereocenters. The van der Waals surface area contributed by atoms with E-state index in [0.717, 1.165) is 52.6 Å². The standard InChI is InChI=1S/C30H30N2O/c1-20-19-31-27(17-22(20)18-30(2,3)4)26-12-8-11-24-25-16-15-23(32-29(25)33-28(24)26)14-13-21-9-6-5-7-10-21/h5-12,15-17,19H,13-14,18H2,1-4H3. The molecule has 0 bridgehead atoms. The molecule has 0 aliphatic carbocycles. The molecule has 0 spiro atoms. The van der Waals surface area contributed by atoms with Crippen LogP contribution in [0.3, 0.4) is 0 Å². The van der Waals surface area contributed by atoms with Crippen LogP contribution in [0.15, 0.2) is 77.3 Å². The smallest absolute Gasteiger partial charge is 0.227 e. The molecule has 33 heavy (non-hydrogen) atoms. The Morgan fingerprint density at radius 1 is 0.848 bits per heavy atom. The maximum absolute atomic E-state index is 6.35. The third-order valence-corrected chi connectivity index (χ3v) is 6.15. The molecule has 3 heteroatoms. The molecule has 0 N–H and O–H groups in total. The van der Waals surface area contributed by atoms with Gasteiger partial charge in [0.05, 0.1) is 5.69 Å². The van der Waals surface area contributed by atoms with Gasteiger partial charge in [0.2, 0.25) is 5.71 Å². The molecule has 0 saturated carbocycles. The first-order chi connectivity index (χ1) is 15.9. The van der Waals surface area contributed by atoms with Gasteiger partial charge in [-0.2, -0.15) is 0 Å². The number of aromatic nitrogens is 2. The number of para-hydroxylation sites is 1. The van der Waals surface area contributed by atoms with Gasteiger partial charge in [-0.3, -0.25) is 4.98 Å². The van der Waals surface area contributed by atoms with E-state index < -0.39 is 0 Å². The topological polar surface area (TPSA) is 38.9 Å². The largest absolute Gasteiger partial charge is 0.437 e. The summed E-state index contributed by atoms with van der Waals surface area (Å²) < 4.78 is 6.35. The minimum Gasteiger partial charge on any atom is -0.437 e. The number of fused-ring (bicyclic) bond motifs is 3. The number of rotatable bonds is 5. The van der Waals surface area contributed by atoms with Gasteiger partial charge in [-0.25, -0.2) is 4.98 Å². The molecule has 0 saturated heterocycles. The lowest BCUT2D eigenvalue weighted by atomic mass is 9.86. The minimum atomic E-state index is 0.217. The average Bonchev–Trinajstić information content (AvgIpc) is 3.17. The fourth-order valence-electron chi connectivity index (χ4n) is 4.45. The summed E-state index contributed by atoms with van der Waals surface area (Å²) in [6, 6.07) is 23.3. The molecule has 0 unspecified atom stereocenters. The van der Waals surface area contributed by atoms with Gasteiger partial charge in [0.15, 0.2) is 0 Å². The Balaban J connectivity index is 1.52. The zero-order valence-corrected chi connectivity index (χ0v) is 19.9. The number of nitrogens with zero attached hydrogens (tertiary/aromatic N) is 2. The fourth-order valence-corrected chi connectivity index (χ4v) is 4.45. The summed E-state index contributed by atoms with van der Waals surface area (Å²) in [5.41, 5.74) is 8.69. The van der Waals surface area contributed by atoms with E-state index in [0.29, 0.717) is 5.71 Å². The van der Waals surface area contributed by atoms with E-state index >= 15 is 0 Å². The first-order valence-corrected chi connectivity index (χ1v) is 11.7. The maximum Gasteiger partial charge on any atom is 0.227 e. The zero-order chi connectivity index (χ0) is 23.0. The van der Waals surface area contributed by atoms with E-state index in [-0.39, 0.29) is 5.41 Å². The van der Waals surface area contributed by atoms with Crippen molar-refractivity contribution in [3.63, 3.8) is 0 Å². The SMILES string of the molecule is Cc1cnc(-c2cccc3c2oc2nc(CCc4ccccc4)ccc23)cc1CC(C)(C)C. The van der Waals surface area contributed by atoms with Crippen molar-refractivity contribution in [2.24, 2.45) is 5.41 Å². The Bertz CT molecular complexity index is 1420. The molecule has 0 amide bonds. The fraction of sp³-hybridized carbons (Fsp3) is 0.267. The Morgan fingerprint density at radius 2 is 1.67 bits per heavy atom. The van der Waals surface area contributed by atoms with Gasteiger partial charge in [0.1, 0.15) is 5.58 Å². The van der Waals surface area contributed by atoms with Crippen molar-refractivity contribution in [3.8, 4) is 11.3 Å². The first kappa shape index (κ1) is 21.4. The van der Waals surface area contributed by atoms with Crippen molar-refractivity contribution in [1.82, 2.24) is 9.97 Å². The van der Waals surface area contributed by atoms with Gasteiger partial charge in [0.25, 0.3) is 0 Å². The van der Waals surface area contributed by atoms with E-state index in [1.54, 1.807) is 0 Å². The summed E-state index contributed by atoms with van der Waals surface area (Å²) in [4.78, 5) is 9.62. The lowest BCUT2D eigenvalue weighted by Gasteiger charge is -2.20. The highest BCUT2D eigenvalue weighted by Gasteiger charge is 2.17. The highest BCUT2D eigenvalue weighted by atomic mass is 16.3. The van der Waals surface area contributed by atoms with Gasteiger partial charge >= 0.3 is 0 Å². The number of hydrogen-bond acceptors (Lipinski definition) is 3. The summed E-state index contributed by atoms with van der Waals surface area (Å²) in [5, 5.41) is 2.14. The predicted molar refractivity (Wildman–Crippen MR) is 136 cm³/mol. The summed E-state index contributed by atoms with van der Waals surface area (Å²) >= 11 is 0. The molecule has 0 aliphatic heterocycles. The van der Waals surface area contributed by atoms with Crippen LogP contribution in [0.25, 0.3) is 33.3 Å². The molecular formula is C30H30N2O. The van der Waals surface area contributed by atoms with Crippen LogP contribution in [0.4, 0.5) is 0 Å². The Morgan fingerprint density at radius 3 is 2.45 bits per heavy atom. The molecule has 5 rings (SSSR count). The van der Waals surface area contributed by atoms with Crippen LogP contribution in [-0.2, 0) is 19.3 Å². The highest BCUT2D eigenvalue weighted by molar-refractivity contribution is 6.08. The predicted octanol–water partition coefficient (Wildman–Crippen LogP) is 7.73. The van der Waals surface area contributed by atoms with Crippen molar-refractivity contribution in [1.29, 1.82) is 0 Å². The number of pyridine rings is 2. The Hall–Kier alpha value is -3.46. The van der Waals surface area contributed by atoms with Gasteiger partial charge in [-0.05, 0) is 72.6 Å². The molecule has 0 fully saturated rings.